The number of hydrogen-bond acceptors (Lipinski definition) is 4. The first-order valence-electron chi connectivity index (χ1n) is 6.04. The van der Waals surface area contributed by atoms with Crippen LogP contribution in [0.25, 0.3) is 0 Å². The lowest BCUT2D eigenvalue weighted by Gasteiger charge is -2.12. The van der Waals surface area contributed by atoms with E-state index in [1.807, 2.05) is 19.9 Å². The van der Waals surface area contributed by atoms with Gasteiger partial charge in [0, 0.05) is 17.1 Å². The van der Waals surface area contributed by atoms with Crippen molar-refractivity contribution in [1.29, 1.82) is 0 Å². The van der Waals surface area contributed by atoms with Gasteiger partial charge in [-0.2, -0.15) is 0 Å². The fraction of sp³-hybridized carbons (Fsp3) is 0.154. The van der Waals surface area contributed by atoms with Crippen LogP contribution < -0.4 is 16.2 Å². The van der Waals surface area contributed by atoms with E-state index in [1.54, 1.807) is 18.2 Å². The van der Waals surface area contributed by atoms with E-state index in [0.717, 1.165) is 17.1 Å². The number of benzene rings is 1. The second kappa shape index (κ2) is 6.89. The first-order chi connectivity index (χ1) is 9.94. The molecule has 3 N–H and O–H groups in total. The van der Waals surface area contributed by atoms with Gasteiger partial charge in [0.05, 0.1) is 10.0 Å². The summed E-state index contributed by atoms with van der Waals surface area (Å²) in [7, 11) is 0. The second-order valence-corrected chi connectivity index (χ2v) is 5.53. The molecule has 0 bridgehead atoms. The Morgan fingerprint density at radius 2 is 1.71 bits per heavy atom. The van der Waals surface area contributed by atoms with Gasteiger partial charge in [0.15, 0.2) is 5.11 Å². The van der Waals surface area contributed by atoms with E-state index < -0.39 is 0 Å². The minimum atomic E-state index is 0.358. The maximum absolute atomic E-state index is 5.93. The number of nitrogens with one attached hydrogen (secondary N) is 3. The minimum Gasteiger partial charge on any atom is -0.331 e. The molecule has 2 rings (SSSR count). The molecule has 0 aliphatic rings. The number of hydrazine groups is 1. The van der Waals surface area contributed by atoms with Gasteiger partial charge >= 0.3 is 0 Å². The van der Waals surface area contributed by atoms with Gasteiger partial charge in [0.25, 0.3) is 0 Å². The standard InChI is InChI=1S/C13H13Cl2N5S/c1-7-5-8(2)17-12(16-7)19-20-13(21)18-9-3-4-10(14)11(15)6-9/h3-6H,1-2H3,(H,16,17,19)(H2,18,20,21). The molecular formula is C13H13Cl2N5S. The molecule has 0 unspecified atom stereocenters. The van der Waals surface area contributed by atoms with E-state index in [2.05, 4.69) is 26.1 Å². The fourth-order valence-electron chi connectivity index (χ4n) is 1.63. The van der Waals surface area contributed by atoms with Crippen molar-refractivity contribution >= 4 is 52.2 Å². The van der Waals surface area contributed by atoms with Crippen molar-refractivity contribution in [2.45, 2.75) is 13.8 Å². The first kappa shape index (κ1) is 15.8. The average molecular weight is 342 g/mol. The zero-order valence-electron chi connectivity index (χ0n) is 11.4. The third-order valence-corrected chi connectivity index (χ3v) is 3.39. The van der Waals surface area contributed by atoms with Gasteiger partial charge < -0.3 is 5.32 Å². The lowest BCUT2D eigenvalue weighted by atomic mass is 10.3. The van der Waals surface area contributed by atoms with Crippen LogP contribution in [-0.4, -0.2) is 15.1 Å². The second-order valence-electron chi connectivity index (χ2n) is 4.31. The number of rotatable bonds is 3. The molecule has 0 atom stereocenters. The third kappa shape index (κ3) is 4.70. The largest absolute Gasteiger partial charge is 0.331 e. The molecular weight excluding hydrogens is 329 g/mol. The Bertz CT molecular complexity index is 657. The van der Waals surface area contributed by atoms with Crippen molar-refractivity contribution in [3.8, 4) is 0 Å². The Kier molecular flexibility index (Phi) is 5.17. The molecule has 0 radical (unpaired) electrons. The quantitative estimate of drug-likeness (QED) is 0.584. The molecule has 0 saturated carbocycles. The normalized spacial score (nSPS) is 10.1. The number of aromatic nitrogens is 2. The highest BCUT2D eigenvalue weighted by atomic mass is 35.5. The molecule has 0 aliphatic heterocycles. The average Bonchev–Trinajstić information content (AvgIpc) is 2.40. The maximum atomic E-state index is 5.93. The Labute approximate surface area is 138 Å². The topological polar surface area (TPSA) is 61.9 Å². The summed E-state index contributed by atoms with van der Waals surface area (Å²) >= 11 is 16.9. The highest BCUT2D eigenvalue weighted by Gasteiger charge is 2.03. The molecule has 1 heterocycles. The monoisotopic (exact) mass is 341 g/mol. The zero-order chi connectivity index (χ0) is 15.4. The van der Waals surface area contributed by atoms with Crippen LogP contribution in [0.1, 0.15) is 11.4 Å². The number of nitrogens with zero attached hydrogens (tertiary/aromatic N) is 2. The number of hydrogen-bond donors (Lipinski definition) is 3. The van der Waals surface area contributed by atoms with Crippen molar-refractivity contribution in [1.82, 2.24) is 15.4 Å². The van der Waals surface area contributed by atoms with Crippen molar-refractivity contribution in [2.75, 3.05) is 10.7 Å². The number of thiocarbonyl (C=S) groups is 1. The van der Waals surface area contributed by atoms with Gasteiger partial charge in [0.1, 0.15) is 0 Å². The van der Waals surface area contributed by atoms with Gasteiger partial charge in [-0.05, 0) is 50.3 Å². The third-order valence-electron chi connectivity index (χ3n) is 2.45. The summed E-state index contributed by atoms with van der Waals surface area (Å²) in [6.45, 7) is 3.79. The van der Waals surface area contributed by atoms with Crippen molar-refractivity contribution in [3.05, 3.63) is 45.7 Å². The Morgan fingerprint density at radius 3 is 2.33 bits per heavy atom. The zero-order valence-corrected chi connectivity index (χ0v) is 13.7. The molecule has 1 aromatic carbocycles. The highest BCUT2D eigenvalue weighted by Crippen LogP contribution is 2.24. The minimum absolute atomic E-state index is 0.358. The smallest absolute Gasteiger partial charge is 0.242 e. The highest BCUT2D eigenvalue weighted by molar-refractivity contribution is 7.80. The maximum Gasteiger partial charge on any atom is 0.242 e. The predicted octanol–water partition coefficient (Wildman–Crippen LogP) is 3.71. The summed E-state index contributed by atoms with van der Waals surface area (Å²) in [5, 5.41) is 4.27. The molecule has 1 aromatic heterocycles. The van der Waals surface area contributed by atoms with Crippen LogP contribution in [0.2, 0.25) is 10.0 Å². The molecule has 21 heavy (non-hydrogen) atoms. The Morgan fingerprint density at radius 1 is 1.05 bits per heavy atom. The number of aryl methyl sites for hydroxylation is 2. The predicted molar refractivity (Wildman–Crippen MR) is 90.9 cm³/mol. The molecule has 0 fully saturated rings. The lowest BCUT2D eigenvalue weighted by Crippen LogP contribution is -2.34. The first-order valence-corrected chi connectivity index (χ1v) is 7.21. The molecule has 110 valence electrons. The summed E-state index contributed by atoms with van der Waals surface area (Å²) in [4.78, 5) is 8.46. The van der Waals surface area contributed by atoms with Crippen LogP contribution in [0.15, 0.2) is 24.3 Å². The number of halogens is 2. The lowest BCUT2D eigenvalue weighted by molar-refractivity contribution is 0.991. The van der Waals surface area contributed by atoms with Crippen molar-refractivity contribution in [2.24, 2.45) is 0 Å². The summed E-state index contributed by atoms with van der Waals surface area (Å²) in [6, 6.07) is 7.04. The molecule has 0 amide bonds. The van der Waals surface area contributed by atoms with Crippen molar-refractivity contribution < 1.29 is 0 Å². The van der Waals surface area contributed by atoms with Crippen LogP contribution in [0.3, 0.4) is 0 Å². The SMILES string of the molecule is Cc1cc(C)nc(NNC(=S)Nc2ccc(Cl)c(Cl)c2)n1. The summed E-state index contributed by atoms with van der Waals surface area (Å²) < 4.78 is 0. The summed E-state index contributed by atoms with van der Waals surface area (Å²) in [5.41, 5.74) is 8.11. The van der Waals surface area contributed by atoms with Gasteiger partial charge in [-0.15, -0.1) is 0 Å². The van der Waals surface area contributed by atoms with Gasteiger partial charge in [-0.1, -0.05) is 23.2 Å². The van der Waals surface area contributed by atoms with Crippen LogP contribution in [-0.2, 0) is 0 Å². The van der Waals surface area contributed by atoms with E-state index in [9.17, 15) is 0 Å². The van der Waals surface area contributed by atoms with E-state index in [1.165, 1.54) is 0 Å². The Balaban J connectivity index is 1.94. The fourth-order valence-corrected chi connectivity index (χ4v) is 2.10. The van der Waals surface area contributed by atoms with E-state index in [4.69, 9.17) is 35.4 Å². The molecule has 2 aromatic rings. The Hall–Kier alpha value is -1.63. The molecule has 5 nitrogen and oxygen atoms in total. The molecule has 0 aliphatic carbocycles. The number of anilines is 2. The van der Waals surface area contributed by atoms with E-state index >= 15 is 0 Å². The van der Waals surface area contributed by atoms with Crippen LogP contribution >= 0.6 is 35.4 Å². The van der Waals surface area contributed by atoms with Crippen LogP contribution in [0.4, 0.5) is 11.6 Å². The van der Waals surface area contributed by atoms with Crippen LogP contribution in [0.5, 0.6) is 0 Å². The van der Waals surface area contributed by atoms with E-state index in [-0.39, 0.29) is 0 Å². The van der Waals surface area contributed by atoms with Crippen LogP contribution in [0, 0.1) is 13.8 Å². The van der Waals surface area contributed by atoms with Gasteiger partial charge in [-0.25, -0.2) is 9.97 Å². The van der Waals surface area contributed by atoms with Gasteiger partial charge in [-0.3, -0.25) is 10.9 Å². The molecule has 0 saturated heterocycles. The molecule has 8 heteroatoms. The summed E-state index contributed by atoms with van der Waals surface area (Å²) in [5.74, 6) is 0.450. The molecule has 0 spiro atoms. The summed E-state index contributed by atoms with van der Waals surface area (Å²) in [6.07, 6.45) is 0. The van der Waals surface area contributed by atoms with Gasteiger partial charge in [0.2, 0.25) is 5.95 Å². The van der Waals surface area contributed by atoms with E-state index in [0.29, 0.717) is 21.1 Å². The van der Waals surface area contributed by atoms with Crippen molar-refractivity contribution in [3.63, 3.8) is 0 Å².